The maximum absolute atomic E-state index is 8.74. The van der Waals surface area contributed by atoms with Gasteiger partial charge in [0.25, 0.3) is 0 Å². The quantitative estimate of drug-likeness (QED) is 0.189. The smallest absolute Gasteiger partial charge is 0.125 e. The van der Waals surface area contributed by atoms with E-state index in [0.717, 1.165) is 26.2 Å². The summed E-state index contributed by atoms with van der Waals surface area (Å²) in [5.74, 6) is 0. The summed E-state index contributed by atoms with van der Waals surface area (Å²) in [6.45, 7) is 0. The van der Waals surface area contributed by atoms with Crippen molar-refractivity contribution >= 4 is 38.0 Å². The Labute approximate surface area is 153 Å². The summed E-state index contributed by atoms with van der Waals surface area (Å²) in [6, 6.07) is 24.5. The van der Waals surface area contributed by atoms with Crippen molar-refractivity contribution in [3.05, 3.63) is 83.2 Å². The van der Waals surface area contributed by atoms with E-state index in [2.05, 4.69) is 46.4 Å². The number of azide groups is 1. The lowest BCUT2D eigenvalue weighted by Crippen LogP contribution is -1.86. The van der Waals surface area contributed by atoms with Crippen molar-refractivity contribution in [1.29, 1.82) is 0 Å². The van der Waals surface area contributed by atoms with Crippen LogP contribution < -0.4 is 0 Å². The highest BCUT2D eigenvalue weighted by Crippen LogP contribution is 2.47. The summed E-state index contributed by atoms with van der Waals surface area (Å²) in [4.78, 5) is 7.75. The van der Waals surface area contributed by atoms with Gasteiger partial charge in [0.2, 0.25) is 0 Å². The van der Waals surface area contributed by atoms with Crippen LogP contribution >= 0.6 is 11.3 Å². The highest BCUT2D eigenvalue weighted by atomic mass is 32.1. The standard InChI is InChI=1S/C21H12N4S/c22-25-24-14-10-11-16-18(12-14)26-21-20(15-8-4-5-9-17(15)23-21)19(16)13-6-2-1-3-7-13/h1-12H. The zero-order chi connectivity index (χ0) is 17.5. The van der Waals surface area contributed by atoms with E-state index in [1.807, 2.05) is 36.4 Å². The Morgan fingerprint density at radius 2 is 1.65 bits per heavy atom. The minimum atomic E-state index is 0.616. The topological polar surface area (TPSA) is 61.7 Å². The second kappa shape index (κ2) is 5.85. The van der Waals surface area contributed by atoms with Gasteiger partial charge in [-0.25, -0.2) is 4.98 Å². The van der Waals surface area contributed by atoms with Crippen molar-refractivity contribution < 1.29 is 0 Å². The highest BCUT2D eigenvalue weighted by molar-refractivity contribution is 7.21. The molecule has 2 aliphatic rings. The fourth-order valence-electron chi connectivity index (χ4n) is 3.44. The molecule has 0 atom stereocenters. The van der Waals surface area contributed by atoms with E-state index >= 15 is 0 Å². The van der Waals surface area contributed by atoms with E-state index in [1.54, 1.807) is 11.3 Å². The first kappa shape index (κ1) is 14.9. The van der Waals surface area contributed by atoms with Gasteiger partial charge in [-0.15, -0.1) is 11.3 Å². The number of nitrogens with zero attached hydrogens (tertiary/aromatic N) is 4. The zero-order valence-corrected chi connectivity index (χ0v) is 14.4. The molecule has 3 aromatic rings. The molecule has 0 saturated carbocycles. The fraction of sp³-hybridized carbons (Fsp3) is 0. The van der Waals surface area contributed by atoms with E-state index in [-0.39, 0.29) is 0 Å². The van der Waals surface area contributed by atoms with Crippen LogP contribution in [0.25, 0.3) is 53.1 Å². The van der Waals surface area contributed by atoms with Gasteiger partial charge in [-0.3, -0.25) is 0 Å². The molecule has 0 aliphatic carbocycles. The molecule has 0 amide bonds. The Bertz CT molecular complexity index is 1280. The lowest BCUT2D eigenvalue weighted by molar-refractivity contribution is 1.50. The largest absolute Gasteiger partial charge is 0.237 e. The Balaban J connectivity index is 1.99. The van der Waals surface area contributed by atoms with Gasteiger partial charge >= 0.3 is 0 Å². The molecule has 5 rings (SSSR count). The van der Waals surface area contributed by atoms with E-state index in [0.29, 0.717) is 5.69 Å². The maximum Gasteiger partial charge on any atom is 0.125 e. The third kappa shape index (κ3) is 2.23. The number of aromatic nitrogens is 1. The van der Waals surface area contributed by atoms with Gasteiger partial charge in [0.1, 0.15) is 5.01 Å². The van der Waals surface area contributed by atoms with Crippen LogP contribution in [0.5, 0.6) is 0 Å². The third-order valence-corrected chi connectivity index (χ3v) is 5.57. The second-order valence-electron chi connectivity index (χ2n) is 6.02. The summed E-state index contributed by atoms with van der Waals surface area (Å²) in [5, 5.41) is 7.05. The molecule has 0 aromatic heterocycles. The molecule has 5 heteroatoms. The predicted molar refractivity (Wildman–Crippen MR) is 108 cm³/mol. The molecule has 4 nitrogen and oxygen atoms in total. The van der Waals surface area contributed by atoms with E-state index in [4.69, 9.17) is 10.5 Å². The van der Waals surface area contributed by atoms with Crippen molar-refractivity contribution in [3.63, 3.8) is 0 Å². The van der Waals surface area contributed by atoms with Gasteiger partial charge in [-0.1, -0.05) is 65.8 Å². The zero-order valence-electron chi connectivity index (χ0n) is 13.6. The first-order valence-electron chi connectivity index (χ1n) is 8.21. The van der Waals surface area contributed by atoms with Crippen LogP contribution in [0.1, 0.15) is 0 Å². The highest BCUT2D eigenvalue weighted by Gasteiger charge is 2.21. The number of hydrogen-bond donors (Lipinski definition) is 0. The Morgan fingerprint density at radius 1 is 0.846 bits per heavy atom. The second-order valence-corrected chi connectivity index (χ2v) is 7.05. The average Bonchev–Trinajstić information content (AvgIpc) is 3.05. The molecule has 2 heterocycles. The molecular weight excluding hydrogens is 340 g/mol. The van der Waals surface area contributed by atoms with Crippen LogP contribution in [0, 0.1) is 0 Å². The van der Waals surface area contributed by atoms with Crippen LogP contribution in [0.2, 0.25) is 0 Å². The molecule has 0 radical (unpaired) electrons. The van der Waals surface area contributed by atoms with Gasteiger partial charge < -0.3 is 0 Å². The minimum Gasteiger partial charge on any atom is -0.237 e. The van der Waals surface area contributed by atoms with Gasteiger partial charge in [-0.2, -0.15) is 0 Å². The lowest BCUT2D eigenvalue weighted by Gasteiger charge is -2.13. The number of hydrogen-bond acceptors (Lipinski definition) is 3. The fourth-order valence-corrected chi connectivity index (χ4v) is 4.56. The van der Waals surface area contributed by atoms with Gasteiger partial charge in [0.05, 0.1) is 5.52 Å². The summed E-state index contributed by atoms with van der Waals surface area (Å²) in [5.41, 5.74) is 13.9. The molecule has 0 spiro atoms. The molecule has 0 saturated heterocycles. The van der Waals surface area contributed by atoms with Crippen LogP contribution in [-0.2, 0) is 0 Å². The van der Waals surface area contributed by atoms with Gasteiger partial charge in [0, 0.05) is 37.2 Å². The molecule has 122 valence electrons. The van der Waals surface area contributed by atoms with Crippen LogP contribution in [-0.4, -0.2) is 4.98 Å². The monoisotopic (exact) mass is 352 g/mol. The summed E-state index contributed by atoms with van der Waals surface area (Å²) >= 11 is 1.63. The SMILES string of the molecule is [N-]=[N+]=Nc1ccc2c(-c3ccccc3)c3c4ccccc4nc-3sc2c1. The third-order valence-electron chi connectivity index (χ3n) is 4.52. The van der Waals surface area contributed by atoms with E-state index in [9.17, 15) is 0 Å². The first-order valence-corrected chi connectivity index (χ1v) is 9.02. The average molecular weight is 352 g/mol. The molecule has 0 fully saturated rings. The molecule has 0 unspecified atom stereocenters. The number of rotatable bonds is 2. The molecule has 26 heavy (non-hydrogen) atoms. The summed E-state index contributed by atoms with van der Waals surface area (Å²) in [7, 11) is 0. The van der Waals surface area contributed by atoms with Crippen LogP contribution in [0.15, 0.2) is 77.9 Å². The predicted octanol–water partition coefficient (Wildman–Crippen LogP) is 7.16. The van der Waals surface area contributed by atoms with Crippen molar-refractivity contribution in [2.45, 2.75) is 0 Å². The van der Waals surface area contributed by atoms with Crippen molar-refractivity contribution in [2.24, 2.45) is 5.11 Å². The van der Waals surface area contributed by atoms with E-state index in [1.165, 1.54) is 16.5 Å². The Morgan fingerprint density at radius 3 is 2.50 bits per heavy atom. The summed E-state index contributed by atoms with van der Waals surface area (Å²) < 4.78 is 1.06. The first-order chi connectivity index (χ1) is 12.8. The molecule has 0 N–H and O–H groups in total. The maximum atomic E-state index is 8.74. The number of fused-ring (bicyclic) bond motifs is 4. The molecule has 3 aromatic carbocycles. The molecule has 0 bridgehead atoms. The number of benzene rings is 3. The van der Waals surface area contributed by atoms with Crippen LogP contribution in [0.4, 0.5) is 5.69 Å². The van der Waals surface area contributed by atoms with Crippen molar-refractivity contribution in [2.75, 3.05) is 0 Å². The van der Waals surface area contributed by atoms with Gasteiger partial charge in [0.15, 0.2) is 0 Å². The van der Waals surface area contributed by atoms with E-state index < -0.39 is 0 Å². The molecule has 2 aliphatic heterocycles. The van der Waals surface area contributed by atoms with Gasteiger partial charge in [-0.05, 0) is 23.2 Å². The van der Waals surface area contributed by atoms with Crippen LogP contribution in [0.3, 0.4) is 0 Å². The minimum absolute atomic E-state index is 0.616. The summed E-state index contributed by atoms with van der Waals surface area (Å²) in [6.07, 6.45) is 0. The molecular formula is C21H12N4S. The van der Waals surface area contributed by atoms with Crippen molar-refractivity contribution in [1.82, 2.24) is 4.98 Å². The number of para-hydroxylation sites is 1. The normalized spacial score (nSPS) is 11.1. The Hall–Kier alpha value is -3.40. The van der Waals surface area contributed by atoms with Crippen molar-refractivity contribution in [3.8, 4) is 21.7 Å². The Kier molecular flexibility index (Phi) is 3.35. The lowest BCUT2D eigenvalue weighted by atomic mass is 9.96.